The van der Waals surface area contributed by atoms with Gasteiger partial charge in [-0.25, -0.2) is 13.4 Å². The van der Waals surface area contributed by atoms with Crippen molar-refractivity contribution in [3.05, 3.63) is 48.2 Å². The van der Waals surface area contributed by atoms with Crippen LogP contribution in [0.3, 0.4) is 0 Å². The number of para-hydroxylation sites is 1. The van der Waals surface area contributed by atoms with E-state index in [1.165, 1.54) is 22.6 Å². The van der Waals surface area contributed by atoms with Crippen molar-refractivity contribution in [1.82, 2.24) is 4.98 Å². The van der Waals surface area contributed by atoms with Gasteiger partial charge in [-0.3, -0.25) is 4.31 Å². The highest BCUT2D eigenvalue weighted by Gasteiger charge is 2.24. The molecule has 5 nitrogen and oxygen atoms in total. The molecule has 0 aliphatic rings. The number of aromatic nitrogens is 1. The fraction of sp³-hybridized carbons (Fsp3) is 0.267. The van der Waals surface area contributed by atoms with E-state index in [0.29, 0.717) is 18.1 Å². The van der Waals surface area contributed by atoms with Crippen molar-refractivity contribution in [2.75, 3.05) is 23.2 Å². The molecule has 1 aromatic heterocycles. The zero-order valence-electron chi connectivity index (χ0n) is 12.4. The number of pyridine rings is 1. The van der Waals surface area contributed by atoms with E-state index < -0.39 is 10.0 Å². The van der Waals surface area contributed by atoms with E-state index in [0.717, 1.165) is 5.56 Å². The summed E-state index contributed by atoms with van der Waals surface area (Å²) in [5.74, 6) is 0.525. The maximum absolute atomic E-state index is 12.9. The number of aryl methyl sites for hydroxylation is 1. The largest absolute Gasteiger partial charge is 0.373 e. The Kier molecular flexibility index (Phi) is 4.47. The molecule has 0 aliphatic carbocycles. The molecule has 0 spiro atoms. The van der Waals surface area contributed by atoms with Crippen LogP contribution in [-0.2, 0) is 10.0 Å². The van der Waals surface area contributed by atoms with E-state index in [-0.39, 0.29) is 4.90 Å². The summed E-state index contributed by atoms with van der Waals surface area (Å²) < 4.78 is 27.1. The molecular formula is C15H19N3O2S. The van der Waals surface area contributed by atoms with Crippen LogP contribution in [0.25, 0.3) is 0 Å². The van der Waals surface area contributed by atoms with Crippen molar-refractivity contribution in [1.29, 1.82) is 0 Å². The van der Waals surface area contributed by atoms with E-state index in [9.17, 15) is 8.42 Å². The van der Waals surface area contributed by atoms with Crippen molar-refractivity contribution in [2.45, 2.75) is 18.7 Å². The molecule has 1 aromatic carbocycles. The van der Waals surface area contributed by atoms with Crippen molar-refractivity contribution in [2.24, 2.45) is 0 Å². The second kappa shape index (κ2) is 6.13. The van der Waals surface area contributed by atoms with Gasteiger partial charge in [-0.2, -0.15) is 0 Å². The first-order valence-electron chi connectivity index (χ1n) is 6.73. The summed E-state index contributed by atoms with van der Waals surface area (Å²) in [6, 6.07) is 10.5. The Bertz CT molecular complexity index is 729. The molecule has 2 rings (SSSR count). The Balaban J connectivity index is 2.52. The molecule has 0 saturated carbocycles. The van der Waals surface area contributed by atoms with Gasteiger partial charge in [0.1, 0.15) is 5.82 Å². The van der Waals surface area contributed by atoms with Gasteiger partial charge in [-0.05, 0) is 31.5 Å². The smallest absolute Gasteiger partial charge is 0.264 e. The molecule has 0 radical (unpaired) electrons. The summed E-state index contributed by atoms with van der Waals surface area (Å²) in [7, 11) is -1.90. The Hall–Kier alpha value is -2.08. The SMILES string of the molecule is CCN(c1ccccc1C)S(=O)(=O)c1ccnc(NC)c1. The van der Waals surface area contributed by atoms with Crippen LogP contribution in [0.1, 0.15) is 12.5 Å². The Labute approximate surface area is 125 Å². The van der Waals surface area contributed by atoms with Crippen LogP contribution in [0.4, 0.5) is 11.5 Å². The van der Waals surface area contributed by atoms with E-state index in [1.54, 1.807) is 7.05 Å². The van der Waals surface area contributed by atoms with Crippen molar-refractivity contribution < 1.29 is 8.42 Å². The second-order valence-corrected chi connectivity index (χ2v) is 6.45. The molecule has 0 saturated heterocycles. The quantitative estimate of drug-likeness (QED) is 0.922. The summed E-state index contributed by atoms with van der Waals surface area (Å²) >= 11 is 0. The minimum atomic E-state index is -3.61. The third-order valence-electron chi connectivity index (χ3n) is 3.25. The fourth-order valence-corrected chi connectivity index (χ4v) is 3.70. The first-order valence-corrected chi connectivity index (χ1v) is 8.17. The molecular weight excluding hydrogens is 286 g/mol. The maximum atomic E-state index is 12.9. The Morgan fingerprint density at radius 1 is 1.24 bits per heavy atom. The predicted octanol–water partition coefficient (Wildman–Crippen LogP) is 2.65. The lowest BCUT2D eigenvalue weighted by molar-refractivity contribution is 0.591. The number of nitrogens with zero attached hydrogens (tertiary/aromatic N) is 2. The van der Waals surface area contributed by atoms with Gasteiger partial charge in [0, 0.05) is 25.9 Å². The number of benzene rings is 1. The second-order valence-electron chi connectivity index (χ2n) is 4.58. The molecule has 21 heavy (non-hydrogen) atoms. The highest BCUT2D eigenvalue weighted by atomic mass is 32.2. The summed E-state index contributed by atoms with van der Waals surface area (Å²) in [4.78, 5) is 4.28. The molecule has 6 heteroatoms. The Morgan fingerprint density at radius 3 is 2.57 bits per heavy atom. The van der Waals surface area contributed by atoms with E-state index >= 15 is 0 Å². The van der Waals surface area contributed by atoms with Crippen LogP contribution in [0.15, 0.2) is 47.5 Å². The lowest BCUT2D eigenvalue weighted by Gasteiger charge is -2.24. The molecule has 1 N–H and O–H groups in total. The van der Waals surface area contributed by atoms with Gasteiger partial charge in [0.2, 0.25) is 0 Å². The normalized spacial score (nSPS) is 11.2. The average molecular weight is 305 g/mol. The zero-order valence-corrected chi connectivity index (χ0v) is 13.2. The van der Waals surface area contributed by atoms with Crippen LogP contribution in [-0.4, -0.2) is 27.0 Å². The summed E-state index contributed by atoms with van der Waals surface area (Å²) in [6.07, 6.45) is 1.49. The van der Waals surface area contributed by atoms with Gasteiger partial charge in [-0.15, -0.1) is 0 Å². The summed E-state index contributed by atoms with van der Waals surface area (Å²) in [5, 5.41) is 2.85. The zero-order chi connectivity index (χ0) is 15.5. The molecule has 0 fully saturated rings. The minimum absolute atomic E-state index is 0.229. The van der Waals surface area contributed by atoms with Crippen molar-refractivity contribution in [3.63, 3.8) is 0 Å². The molecule has 0 atom stereocenters. The highest BCUT2D eigenvalue weighted by Crippen LogP contribution is 2.26. The lowest BCUT2D eigenvalue weighted by atomic mass is 10.2. The van der Waals surface area contributed by atoms with Gasteiger partial charge < -0.3 is 5.32 Å². The number of anilines is 2. The van der Waals surface area contributed by atoms with Gasteiger partial charge in [0.25, 0.3) is 10.0 Å². The predicted molar refractivity (Wildman–Crippen MR) is 85.2 cm³/mol. The van der Waals surface area contributed by atoms with E-state index in [4.69, 9.17) is 0 Å². The molecule has 2 aromatic rings. The summed E-state index contributed by atoms with van der Waals surface area (Å²) in [5.41, 5.74) is 1.62. The summed E-state index contributed by atoms with van der Waals surface area (Å²) in [6.45, 7) is 4.09. The number of nitrogens with one attached hydrogen (secondary N) is 1. The van der Waals surface area contributed by atoms with E-state index in [2.05, 4.69) is 10.3 Å². The van der Waals surface area contributed by atoms with Gasteiger partial charge in [-0.1, -0.05) is 18.2 Å². The van der Waals surface area contributed by atoms with Crippen molar-refractivity contribution in [3.8, 4) is 0 Å². The third-order valence-corrected chi connectivity index (χ3v) is 5.13. The average Bonchev–Trinajstić information content (AvgIpc) is 2.50. The van der Waals surface area contributed by atoms with Crippen molar-refractivity contribution >= 4 is 21.5 Å². The Morgan fingerprint density at radius 2 is 1.95 bits per heavy atom. The molecule has 0 aliphatic heterocycles. The van der Waals surface area contributed by atoms with Crippen LogP contribution in [0.2, 0.25) is 0 Å². The van der Waals surface area contributed by atoms with Crippen LogP contribution in [0.5, 0.6) is 0 Å². The van der Waals surface area contributed by atoms with Crippen LogP contribution < -0.4 is 9.62 Å². The fourth-order valence-electron chi connectivity index (χ4n) is 2.15. The van der Waals surface area contributed by atoms with Crippen LogP contribution >= 0.6 is 0 Å². The molecule has 1 heterocycles. The molecule has 112 valence electrons. The monoisotopic (exact) mass is 305 g/mol. The first kappa shape index (κ1) is 15.3. The van der Waals surface area contributed by atoms with Crippen LogP contribution in [0, 0.1) is 6.92 Å². The third kappa shape index (κ3) is 3.00. The minimum Gasteiger partial charge on any atom is -0.373 e. The van der Waals surface area contributed by atoms with Gasteiger partial charge in [0.15, 0.2) is 0 Å². The number of rotatable bonds is 5. The lowest BCUT2D eigenvalue weighted by Crippen LogP contribution is -2.31. The molecule has 0 unspecified atom stereocenters. The topological polar surface area (TPSA) is 62.3 Å². The highest BCUT2D eigenvalue weighted by molar-refractivity contribution is 7.92. The number of sulfonamides is 1. The molecule has 0 amide bonds. The maximum Gasteiger partial charge on any atom is 0.264 e. The van der Waals surface area contributed by atoms with E-state index in [1.807, 2.05) is 38.1 Å². The first-order chi connectivity index (χ1) is 10.0. The standard InChI is InChI=1S/C15H19N3O2S/c1-4-18(14-8-6-5-7-12(14)2)21(19,20)13-9-10-17-15(11-13)16-3/h5-11H,4H2,1-3H3,(H,16,17). The molecule has 0 bridgehead atoms. The van der Waals surface area contributed by atoms with Gasteiger partial charge in [0.05, 0.1) is 10.6 Å². The van der Waals surface area contributed by atoms with Gasteiger partial charge >= 0.3 is 0 Å². The number of hydrogen-bond acceptors (Lipinski definition) is 4. The number of hydrogen-bond donors (Lipinski definition) is 1.